The highest BCUT2D eigenvalue weighted by Crippen LogP contribution is 2.29. The number of nitrogens with one attached hydrogen (secondary N) is 1. The van der Waals surface area contributed by atoms with Crippen LogP contribution < -0.4 is 5.32 Å². The maximum absolute atomic E-state index is 12.5. The summed E-state index contributed by atoms with van der Waals surface area (Å²) in [5.74, 6) is -1.20. The van der Waals surface area contributed by atoms with Crippen molar-refractivity contribution in [3.8, 4) is 0 Å². The van der Waals surface area contributed by atoms with Gasteiger partial charge in [0.2, 0.25) is 0 Å². The van der Waals surface area contributed by atoms with Crippen molar-refractivity contribution in [2.75, 3.05) is 19.7 Å². The van der Waals surface area contributed by atoms with Crippen LogP contribution in [-0.2, 0) is 35.6 Å². The van der Waals surface area contributed by atoms with E-state index in [1.807, 2.05) is 35.2 Å². The Balaban J connectivity index is 1.26. The predicted molar refractivity (Wildman–Crippen MR) is 128 cm³/mol. The lowest BCUT2D eigenvalue weighted by molar-refractivity contribution is -0.154. The Morgan fingerprint density at radius 1 is 1.06 bits per heavy atom. The fourth-order valence-corrected chi connectivity index (χ4v) is 5.51. The summed E-state index contributed by atoms with van der Waals surface area (Å²) in [5, 5.41) is 2.64. The molecule has 1 N–H and O–H groups in total. The summed E-state index contributed by atoms with van der Waals surface area (Å²) in [6.07, 6.45) is 1.26. The molecule has 35 heavy (non-hydrogen) atoms. The van der Waals surface area contributed by atoms with E-state index < -0.39 is 40.5 Å². The molecule has 184 valence electrons. The predicted octanol–water partition coefficient (Wildman–Crippen LogP) is 1.71. The first kappa shape index (κ1) is 24.6. The van der Waals surface area contributed by atoms with Gasteiger partial charge in [-0.2, -0.15) is 8.42 Å². The summed E-state index contributed by atoms with van der Waals surface area (Å²) in [4.78, 5) is 38.9. The molecule has 0 spiro atoms. The highest BCUT2D eigenvalue weighted by molar-refractivity contribution is 7.90. The lowest BCUT2D eigenvalue weighted by Crippen LogP contribution is -2.44. The SMILES string of the molecule is CC(=O)C(Cc1ccccc1)NC(=O)COC(=O)C1CCN(C2=NS(=O)(=O)c3ccccc32)CC1. The number of amidine groups is 1. The summed E-state index contributed by atoms with van der Waals surface area (Å²) in [6.45, 7) is 1.83. The summed E-state index contributed by atoms with van der Waals surface area (Å²) in [6, 6.07) is 15.3. The summed E-state index contributed by atoms with van der Waals surface area (Å²) < 4.78 is 33.8. The number of benzene rings is 2. The van der Waals surface area contributed by atoms with E-state index in [2.05, 4.69) is 9.71 Å². The van der Waals surface area contributed by atoms with Crippen LogP contribution in [0, 0.1) is 5.92 Å². The molecule has 2 aliphatic rings. The number of amides is 1. The van der Waals surface area contributed by atoms with Gasteiger partial charge >= 0.3 is 5.97 Å². The van der Waals surface area contributed by atoms with E-state index in [0.717, 1.165) is 5.56 Å². The molecule has 9 nitrogen and oxygen atoms in total. The molecule has 0 saturated carbocycles. The van der Waals surface area contributed by atoms with Gasteiger partial charge in [-0.1, -0.05) is 42.5 Å². The van der Waals surface area contributed by atoms with Crippen molar-refractivity contribution < 1.29 is 27.5 Å². The van der Waals surface area contributed by atoms with E-state index >= 15 is 0 Å². The highest BCUT2D eigenvalue weighted by atomic mass is 32.2. The van der Waals surface area contributed by atoms with Gasteiger partial charge in [0.25, 0.3) is 15.9 Å². The molecule has 1 amide bonds. The molecule has 0 bridgehead atoms. The van der Waals surface area contributed by atoms with Crippen LogP contribution in [0.4, 0.5) is 0 Å². The number of nitrogens with zero attached hydrogens (tertiary/aromatic N) is 2. The molecule has 1 unspecified atom stereocenters. The van der Waals surface area contributed by atoms with E-state index in [1.54, 1.807) is 18.2 Å². The standard InChI is InChI=1S/C25H27N3O6S/c1-17(29)21(15-18-7-3-2-4-8-18)26-23(30)16-34-25(31)19-11-13-28(14-12-19)24-20-9-5-6-10-22(20)35(32,33)27-24/h2-10,19,21H,11-16H2,1H3,(H,26,30). The lowest BCUT2D eigenvalue weighted by atomic mass is 9.96. The minimum atomic E-state index is -3.70. The van der Waals surface area contributed by atoms with Gasteiger partial charge in [-0.3, -0.25) is 14.4 Å². The lowest BCUT2D eigenvalue weighted by Gasteiger charge is -2.32. The maximum Gasteiger partial charge on any atom is 0.309 e. The third kappa shape index (κ3) is 5.76. The first-order valence-electron chi connectivity index (χ1n) is 11.4. The number of piperidine rings is 1. The topological polar surface area (TPSA) is 122 Å². The quantitative estimate of drug-likeness (QED) is 0.578. The van der Waals surface area contributed by atoms with Crippen molar-refractivity contribution in [2.45, 2.75) is 37.1 Å². The number of likely N-dealkylation sites (tertiary alicyclic amines) is 1. The average Bonchev–Trinajstić information content (AvgIpc) is 3.13. The van der Waals surface area contributed by atoms with Crippen molar-refractivity contribution in [3.05, 3.63) is 65.7 Å². The van der Waals surface area contributed by atoms with Gasteiger partial charge in [-0.15, -0.1) is 4.40 Å². The van der Waals surface area contributed by atoms with Crippen LogP contribution in [0.1, 0.15) is 30.9 Å². The zero-order chi connectivity index (χ0) is 25.0. The van der Waals surface area contributed by atoms with E-state index in [9.17, 15) is 22.8 Å². The van der Waals surface area contributed by atoms with Crippen molar-refractivity contribution in [2.24, 2.45) is 10.3 Å². The number of hydrogen-bond acceptors (Lipinski definition) is 7. The van der Waals surface area contributed by atoms with Crippen LogP contribution in [0.3, 0.4) is 0 Å². The van der Waals surface area contributed by atoms with E-state index in [-0.39, 0.29) is 10.7 Å². The van der Waals surface area contributed by atoms with Crippen LogP contribution in [0.2, 0.25) is 0 Å². The number of ketones is 1. The Kier molecular flexibility index (Phi) is 7.30. The molecule has 1 atom stereocenters. The van der Waals surface area contributed by atoms with Crippen molar-refractivity contribution in [1.82, 2.24) is 10.2 Å². The highest BCUT2D eigenvalue weighted by Gasteiger charge is 2.35. The van der Waals surface area contributed by atoms with Crippen LogP contribution in [0.5, 0.6) is 0 Å². The zero-order valence-corrected chi connectivity index (χ0v) is 20.2. The van der Waals surface area contributed by atoms with Gasteiger partial charge in [0, 0.05) is 18.7 Å². The molecule has 2 aliphatic heterocycles. The second kappa shape index (κ2) is 10.4. The Hall–Kier alpha value is -3.53. The first-order chi connectivity index (χ1) is 16.7. The minimum absolute atomic E-state index is 0.181. The van der Waals surface area contributed by atoms with Gasteiger partial charge in [-0.25, -0.2) is 0 Å². The van der Waals surface area contributed by atoms with E-state index in [4.69, 9.17) is 4.74 Å². The molecular weight excluding hydrogens is 470 g/mol. The maximum atomic E-state index is 12.5. The number of Topliss-reactive ketones (excluding diaryl/α,β-unsaturated/α-hetero) is 1. The normalized spacial score (nSPS) is 17.7. The van der Waals surface area contributed by atoms with Gasteiger partial charge in [-0.05, 0) is 43.9 Å². The number of rotatable bonds is 7. The molecule has 0 aromatic heterocycles. The number of sulfonamides is 1. The van der Waals surface area contributed by atoms with Crippen LogP contribution in [0.25, 0.3) is 0 Å². The Labute approximate surface area is 204 Å². The molecule has 0 radical (unpaired) electrons. The monoisotopic (exact) mass is 497 g/mol. The van der Waals surface area contributed by atoms with Gasteiger partial charge in [0.15, 0.2) is 18.2 Å². The number of carbonyl (C=O) groups is 3. The molecule has 10 heteroatoms. The molecule has 2 aromatic carbocycles. The number of ether oxygens (including phenoxy) is 1. The zero-order valence-electron chi connectivity index (χ0n) is 19.3. The van der Waals surface area contributed by atoms with Gasteiger partial charge < -0.3 is 15.0 Å². The van der Waals surface area contributed by atoms with Crippen molar-refractivity contribution in [1.29, 1.82) is 0 Å². The summed E-state index contributed by atoms with van der Waals surface area (Å²) in [7, 11) is -3.70. The second-order valence-corrected chi connectivity index (χ2v) is 10.2. The smallest absolute Gasteiger partial charge is 0.309 e. The molecule has 2 heterocycles. The van der Waals surface area contributed by atoms with Gasteiger partial charge in [0.05, 0.1) is 12.0 Å². The average molecular weight is 498 g/mol. The number of hydrogen-bond donors (Lipinski definition) is 1. The fourth-order valence-electron chi connectivity index (χ4n) is 4.28. The van der Waals surface area contributed by atoms with E-state index in [0.29, 0.717) is 43.8 Å². The van der Waals surface area contributed by atoms with Crippen molar-refractivity contribution in [3.63, 3.8) is 0 Å². The largest absolute Gasteiger partial charge is 0.455 e. The Morgan fingerprint density at radius 2 is 1.71 bits per heavy atom. The Morgan fingerprint density at radius 3 is 2.40 bits per heavy atom. The van der Waals surface area contributed by atoms with Crippen LogP contribution in [0.15, 0.2) is 63.9 Å². The number of carbonyl (C=O) groups excluding carboxylic acids is 3. The molecule has 4 rings (SSSR count). The second-order valence-electron chi connectivity index (χ2n) is 8.68. The third-order valence-electron chi connectivity index (χ3n) is 6.19. The fraction of sp³-hybridized carbons (Fsp3) is 0.360. The number of esters is 1. The molecule has 0 aliphatic carbocycles. The first-order valence-corrected chi connectivity index (χ1v) is 12.9. The minimum Gasteiger partial charge on any atom is -0.455 e. The summed E-state index contributed by atoms with van der Waals surface area (Å²) >= 11 is 0. The van der Waals surface area contributed by atoms with Gasteiger partial charge in [0.1, 0.15) is 4.90 Å². The molecular formula is C25H27N3O6S. The molecule has 1 fully saturated rings. The third-order valence-corrected chi connectivity index (χ3v) is 7.52. The Bertz CT molecular complexity index is 1250. The molecule has 2 aromatic rings. The van der Waals surface area contributed by atoms with Crippen molar-refractivity contribution >= 4 is 33.5 Å². The molecule has 1 saturated heterocycles. The summed E-state index contributed by atoms with van der Waals surface area (Å²) in [5.41, 5.74) is 1.49. The van der Waals surface area contributed by atoms with E-state index in [1.165, 1.54) is 13.0 Å². The van der Waals surface area contributed by atoms with Crippen LogP contribution >= 0.6 is 0 Å². The number of fused-ring (bicyclic) bond motifs is 1. The van der Waals surface area contributed by atoms with Crippen LogP contribution in [-0.4, -0.2) is 62.6 Å².